The maximum absolute atomic E-state index is 10.6. The van der Waals surface area contributed by atoms with Gasteiger partial charge in [-0.2, -0.15) is 4.89 Å². The summed E-state index contributed by atoms with van der Waals surface area (Å²) >= 11 is 0. The Bertz CT molecular complexity index is 87.0. The van der Waals surface area contributed by atoms with E-state index in [-0.39, 0.29) is 5.78 Å². The van der Waals surface area contributed by atoms with Crippen LogP contribution in [0.2, 0.25) is 0 Å². The van der Waals surface area contributed by atoms with E-state index in [1.165, 1.54) is 7.11 Å². The zero-order valence-electron chi connectivity index (χ0n) is 5.46. The predicted molar refractivity (Wildman–Crippen MR) is 29.8 cm³/mol. The Morgan fingerprint density at radius 1 is 1.78 bits per heavy atom. The summed E-state index contributed by atoms with van der Waals surface area (Å²) in [5, 5.41) is 7.98. The molecule has 0 bridgehead atoms. The summed E-state index contributed by atoms with van der Waals surface area (Å²) in [7, 11) is 1.29. The van der Waals surface area contributed by atoms with E-state index < -0.39 is 6.29 Å². The van der Waals surface area contributed by atoms with Crippen molar-refractivity contribution in [2.45, 2.75) is 19.6 Å². The van der Waals surface area contributed by atoms with Crippen molar-refractivity contribution in [1.82, 2.24) is 0 Å². The Labute approximate surface area is 53.3 Å². The van der Waals surface area contributed by atoms with Crippen LogP contribution in [-0.4, -0.2) is 24.4 Å². The second-order valence-corrected chi connectivity index (χ2v) is 1.49. The molecule has 0 saturated heterocycles. The molecule has 4 heteroatoms. The fourth-order valence-corrected chi connectivity index (χ4v) is 0.400. The molecule has 0 radical (unpaired) electrons. The van der Waals surface area contributed by atoms with Crippen LogP contribution in [0.15, 0.2) is 0 Å². The standard InChI is InChI=1S/C5H10O4/c1-3-4(6)5(8-2)9-7/h5,7H,3H2,1-2H3. The molecule has 54 valence electrons. The number of methoxy groups -OCH3 is 1. The van der Waals surface area contributed by atoms with Crippen LogP contribution in [0.5, 0.6) is 0 Å². The SMILES string of the molecule is CCC(=O)C(OC)OO. The van der Waals surface area contributed by atoms with Crippen LogP contribution < -0.4 is 0 Å². The number of carbonyl (C=O) groups excluding carboxylic acids is 1. The second-order valence-electron chi connectivity index (χ2n) is 1.49. The van der Waals surface area contributed by atoms with Gasteiger partial charge in [0.25, 0.3) is 0 Å². The Morgan fingerprint density at radius 2 is 2.33 bits per heavy atom. The lowest BCUT2D eigenvalue weighted by Gasteiger charge is -2.06. The topological polar surface area (TPSA) is 55.8 Å². The maximum Gasteiger partial charge on any atom is 0.250 e. The molecule has 0 rings (SSSR count). The molecule has 0 aliphatic heterocycles. The zero-order chi connectivity index (χ0) is 7.28. The van der Waals surface area contributed by atoms with Crippen molar-refractivity contribution in [2.75, 3.05) is 7.11 Å². The molecule has 0 aromatic heterocycles. The van der Waals surface area contributed by atoms with Gasteiger partial charge < -0.3 is 4.74 Å². The average Bonchev–Trinajstić information content (AvgIpc) is 1.90. The summed E-state index contributed by atoms with van der Waals surface area (Å²) in [5.41, 5.74) is 0. The van der Waals surface area contributed by atoms with E-state index in [0.29, 0.717) is 6.42 Å². The highest BCUT2D eigenvalue weighted by Crippen LogP contribution is 1.94. The van der Waals surface area contributed by atoms with Gasteiger partial charge >= 0.3 is 0 Å². The van der Waals surface area contributed by atoms with E-state index in [4.69, 9.17) is 5.26 Å². The van der Waals surface area contributed by atoms with Crippen LogP contribution >= 0.6 is 0 Å². The average molecular weight is 134 g/mol. The van der Waals surface area contributed by atoms with E-state index in [1.54, 1.807) is 6.92 Å². The fraction of sp³-hybridized carbons (Fsp3) is 0.800. The molecule has 0 saturated carbocycles. The predicted octanol–water partition coefficient (Wildman–Crippen LogP) is 0.428. The summed E-state index contributed by atoms with van der Waals surface area (Å²) < 4.78 is 4.43. The van der Waals surface area contributed by atoms with E-state index in [2.05, 4.69) is 9.62 Å². The van der Waals surface area contributed by atoms with Gasteiger partial charge in [0.15, 0.2) is 5.78 Å². The molecule has 4 nitrogen and oxygen atoms in total. The molecule has 0 aromatic carbocycles. The summed E-state index contributed by atoms with van der Waals surface area (Å²) in [5.74, 6) is -0.278. The fourth-order valence-electron chi connectivity index (χ4n) is 0.400. The lowest BCUT2D eigenvalue weighted by atomic mass is 10.3. The van der Waals surface area contributed by atoms with Gasteiger partial charge in [0.2, 0.25) is 6.29 Å². The first-order valence-electron chi connectivity index (χ1n) is 2.62. The van der Waals surface area contributed by atoms with Crippen LogP contribution in [0.4, 0.5) is 0 Å². The van der Waals surface area contributed by atoms with E-state index in [1.807, 2.05) is 0 Å². The van der Waals surface area contributed by atoms with Gasteiger partial charge in [-0.25, -0.2) is 5.26 Å². The minimum absolute atomic E-state index is 0.278. The van der Waals surface area contributed by atoms with Crippen molar-refractivity contribution < 1.29 is 19.7 Å². The minimum Gasteiger partial charge on any atom is -0.347 e. The lowest BCUT2D eigenvalue weighted by Crippen LogP contribution is -2.23. The smallest absolute Gasteiger partial charge is 0.250 e. The molecule has 0 heterocycles. The molecule has 0 amide bonds. The lowest BCUT2D eigenvalue weighted by molar-refractivity contribution is -0.326. The van der Waals surface area contributed by atoms with Crippen molar-refractivity contribution in [3.63, 3.8) is 0 Å². The third-order valence-electron chi connectivity index (χ3n) is 0.921. The Balaban J connectivity index is 3.64. The number of hydrogen-bond acceptors (Lipinski definition) is 4. The highest BCUT2D eigenvalue weighted by molar-refractivity contribution is 5.81. The summed E-state index contributed by atoms with van der Waals surface area (Å²) in [6.45, 7) is 1.66. The molecule has 1 unspecified atom stereocenters. The Kier molecular flexibility index (Phi) is 4.21. The first-order valence-corrected chi connectivity index (χ1v) is 2.62. The molecule has 0 spiro atoms. The van der Waals surface area contributed by atoms with Crippen molar-refractivity contribution in [3.05, 3.63) is 0 Å². The van der Waals surface area contributed by atoms with Gasteiger partial charge in [-0.1, -0.05) is 6.92 Å². The van der Waals surface area contributed by atoms with E-state index in [9.17, 15) is 4.79 Å². The minimum atomic E-state index is -1.12. The van der Waals surface area contributed by atoms with Crippen LogP contribution in [0.1, 0.15) is 13.3 Å². The van der Waals surface area contributed by atoms with Gasteiger partial charge in [-0.15, -0.1) is 0 Å². The monoisotopic (exact) mass is 134 g/mol. The van der Waals surface area contributed by atoms with Crippen LogP contribution in [0.3, 0.4) is 0 Å². The van der Waals surface area contributed by atoms with Crippen molar-refractivity contribution in [1.29, 1.82) is 0 Å². The number of ketones is 1. The van der Waals surface area contributed by atoms with Gasteiger partial charge in [0, 0.05) is 13.5 Å². The first-order chi connectivity index (χ1) is 4.26. The van der Waals surface area contributed by atoms with Crippen LogP contribution in [-0.2, 0) is 14.4 Å². The van der Waals surface area contributed by atoms with Gasteiger partial charge in [0.1, 0.15) is 0 Å². The van der Waals surface area contributed by atoms with Gasteiger partial charge in [-0.3, -0.25) is 4.79 Å². The quantitative estimate of drug-likeness (QED) is 0.344. The molecule has 1 N–H and O–H groups in total. The third kappa shape index (κ3) is 2.55. The highest BCUT2D eigenvalue weighted by atomic mass is 17.1. The normalized spacial score (nSPS) is 13.2. The van der Waals surface area contributed by atoms with Gasteiger partial charge in [-0.05, 0) is 0 Å². The van der Waals surface area contributed by atoms with Crippen LogP contribution in [0.25, 0.3) is 0 Å². The molecule has 0 aliphatic carbocycles. The highest BCUT2D eigenvalue weighted by Gasteiger charge is 2.14. The number of carbonyl (C=O) groups is 1. The molecule has 9 heavy (non-hydrogen) atoms. The Hall–Kier alpha value is -0.450. The number of hydrogen-bond donors (Lipinski definition) is 1. The molecule has 0 fully saturated rings. The second kappa shape index (κ2) is 4.43. The van der Waals surface area contributed by atoms with E-state index >= 15 is 0 Å². The molecule has 0 aromatic rings. The summed E-state index contributed by atoms with van der Waals surface area (Å²) in [6, 6.07) is 0. The molecule has 0 aliphatic rings. The van der Waals surface area contributed by atoms with Crippen LogP contribution in [0, 0.1) is 0 Å². The van der Waals surface area contributed by atoms with Crippen molar-refractivity contribution in [2.24, 2.45) is 0 Å². The number of ether oxygens (including phenoxy) is 1. The largest absolute Gasteiger partial charge is 0.347 e. The number of Topliss-reactive ketones (excluding diaryl/α,β-unsaturated/α-hetero) is 1. The maximum atomic E-state index is 10.6. The molecular weight excluding hydrogens is 124 g/mol. The molecular formula is C5H10O4. The summed E-state index contributed by atoms with van der Waals surface area (Å²) in [6.07, 6.45) is -0.825. The molecule has 1 atom stereocenters. The summed E-state index contributed by atoms with van der Waals surface area (Å²) in [4.78, 5) is 14.2. The number of rotatable bonds is 4. The first kappa shape index (κ1) is 8.55. The Morgan fingerprint density at radius 3 is 2.44 bits per heavy atom. The third-order valence-corrected chi connectivity index (χ3v) is 0.921. The zero-order valence-corrected chi connectivity index (χ0v) is 5.46. The van der Waals surface area contributed by atoms with E-state index in [0.717, 1.165) is 0 Å². The van der Waals surface area contributed by atoms with Gasteiger partial charge in [0.05, 0.1) is 0 Å². The van der Waals surface area contributed by atoms with Crippen molar-refractivity contribution in [3.8, 4) is 0 Å². The van der Waals surface area contributed by atoms with Crippen molar-refractivity contribution >= 4 is 5.78 Å².